The summed E-state index contributed by atoms with van der Waals surface area (Å²) in [7, 11) is -4.17. The number of carbonyl (C=O) groups is 1. The molecule has 0 fully saturated rings. The molecule has 2 rings (SSSR count). The number of benzene rings is 2. The normalized spacial score (nSPS) is 11.9. The summed E-state index contributed by atoms with van der Waals surface area (Å²) < 4.78 is 25.2. The fourth-order valence-corrected chi connectivity index (χ4v) is 3.08. The van der Waals surface area contributed by atoms with Crippen molar-refractivity contribution in [1.29, 1.82) is 0 Å². The van der Waals surface area contributed by atoms with Crippen molar-refractivity contribution in [2.45, 2.75) is 11.8 Å². The van der Waals surface area contributed by atoms with Crippen LogP contribution in [0.15, 0.2) is 58.5 Å². The van der Waals surface area contributed by atoms with Crippen LogP contribution in [0.5, 0.6) is 0 Å². The summed E-state index contributed by atoms with van der Waals surface area (Å²) in [5.74, 6) is 4.03. The summed E-state index contributed by atoms with van der Waals surface area (Å²) in [5.41, 5.74) is 5.87. The first kappa shape index (κ1) is 17.9. The summed E-state index contributed by atoms with van der Waals surface area (Å²) in [4.78, 5) is 11.7. The fourth-order valence-electron chi connectivity index (χ4n) is 1.76. The summed E-state index contributed by atoms with van der Waals surface area (Å²) in [5, 5.41) is 3.33. The van der Waals surface area contributed by atoms with Crippen LogP contribution in [0, 0.1) is 6.92 Å². The van der Waals surface area contributed by atoms with Gasteiger partial charge in [-0.3, -0.25) is 15.6 Å². The molecule has 0 saturated carbocycles. The number of hydrazone groups is 1. The number of carbonyl (C=O) groups excluding carboxylic acids is 1. The van der Waals surface area contributed by atoms with E-state index < -0.39 is 20.8 Å². The molecule has 2 aromatic carbocycles. The molecule has 9 heteroatoms. The van der Waals surface area contributed by atoms with E-state index in [4.69, 9.17) is 17.4 Å². The first-order valence-corrected chi connectivity index (χ1v) is 8.62. The summed E-state index contributed by atoms with van der Waals surface area (Å²) in [6.07, 6.45) is 0. The van der Waals surface area contributed by atoms with E-state index in [1.54, 1.807) is 17.6 Å². The molecule has 0 aliphatic heterocycles. The fraction of sp³-hybridized carbons (Fsp3) is 0.0667. The summed E-state index contributed by atoms with van der Waals surface area (Å²) >= 11 is 5.75. The topological polar surface area (TPSA) is 114 Å². The minimum absolute atomic E-state index is 0.125. The number of hydrogen-bond donors (Lipinski definition) is 3. The first-order valence-electron chi connectivity index (χ1n) is 6.76. The molecule has 0 aromatic heterocycles. The number of hydrazine groups is 1. The number of halogens is 1. The molecule has 2 aromatic rings. The lowest BCUT2D eigenvalue weighted by Gasteiger charge is -2.08. The van der Waals surface area contributed by atoms with Gasteiger partial charge in [-0.2, -0.15) is 5.10 Å². The molecule has 0 aliphatic rings. The monoisotopic (exact) mass is 366 g/mol. The Morgan fingerprint density at radius 1 is 1.08 bits per heavy atom. The highest BCUT2D eigenvalue weighted by atomic mass is 35.5. The molecule has 0 bridgehead atoms. The van der Waals surface area contributed by atoms with Gasteiger partial charge in [0, 0.05) is 5.02 Å². The van der Waals surface area contributed by atoms with Crippen LogP contribution >= 0.6 is 11.6 Å². The Balaban J connectivity index is 2.40. The van der Waals surface area contributed by atoms with Crippen LogP contribution < -0.4 is 16.7 Å². The maximum atomic E-state index is 12.6. The molecule has 0 aliphatic carbocycles. The van der Waals surface area contributed by atoms with Gasteiger partial charge in [0.2, 0.25) is 14.9 Å². The molecular formula is C15H15ClN4O3S. The van der Waals surface area contributed by atoms with E-state index in [1.807, 2.05) is 19.1 Å². The predicted octanol–water partition coefficient (Wildman–Crippen LogP) is 1.84. The number of nitrogens with zero attached hydrogens (tertiary/aromatic N) is 1. The van der Waals surface area contributed by atoms with Crippen molar-refractivity contribution in [3.63, 3.8) is 0 Å². The molecule has 126 valence electrons. The molecule has 0 unspecified atom stereocenters. The number of anilines is 1. The standard InChI is InChI=1S/C15H15ClN4O3S/c1-10-2-6-12(7-3-10)19-20-15(14(21)18-17)24(22,23)13-8-4-11(16)5-9-13/h2-9,19H,17H2,1H3,(H,18,21)/b20-15-. The van der Waals surface area contributed by atoms with Crippen LogP contribution in [0.25, 0.3) is 0 Å². The van der Waals surface area contributed by atoms with Crippen LogP contribution in [0.1, 0.15) is 5.56 Å². The number of rotatable bonds is 3. The zero-order valence-corrected chi connectivity index (χ0v) is 14.2. The van der Waals surface area contributed by atoms with Crippen molar-refractivity contribution in [3.8, 4) is 0 Å². The molecule has 7 nitrogen and oxygen atoms in total. The van der Waals surface area contributed by atoms with Crippen molar-refractivity contribution in [1.82, 2.24) is 5.43 Å². The molecular weight excluding hydrogens is 352 g/mol. The SMILES string of the molecule is Cc1ccc(N/N=C(/C(=O)NN)S(=O)(=O)c2ccc(Cl)cc2)cc1. The Hall–Kier alpha value is -2.42. The molecule has 24 heavy (non-hydrogen) atoms. The van der Waals surface area contributed by atoms with Gasteiger partial charge in [0.1, 0.15) is 0 Å². The Kier molecular flexibility index (Phi) is 5.55. The minimum Gasteiger partial charge on any atom is -0.288 e. The third kappa shape index (κ3) is 4.10. The lowest BCUT2D eigenvalue weighted by molar-refractivity contribution is -0.114. The third-order valence-corrected chi connectivity index (χ3v) is 4.97. The van der Waals surface area contributed by atoms with Crippen LogP contribution in [0.4, 0.5) is 5.69 Å². The van der Waals surface area contributed by atoms with Crippen molar-refractivity contribution in [2.75, 3.05) is 5.43 Å². The lowest BCUT2D eigenvalue weighted by atomic mass is 10.2. The highest BCUT2D eigenvalue weighted by molar-refractivity contribution is 8.08. The maximum absolute atomic E-state index is 12.6. The molecule has 0 spiro atoms. The average Bonchev–Trinajstić information content (AvgIpc) is 2.56. The third-order valence-electron chi connectivity index (χ3n) is 3.04. The number of hydrogen-bond acceptors (Lipinski definition) is 6. The Labute approximate surface area is 144 Å². The van der Waals surface area contributed by atoms with E-state index in [0.717, 1.165) is 5.56 Å². The van der Waals surface area contributed by atoms with Crippen molar-refractivity contribution in [2.24, 2.45) is 10.9 Å². The molecule has 0 saturated heterocycles. The van der Waals surface area contributed by atoms with E-state index in [0.29, 0.717) is 10.7 Å². The Bertz CT molecular complexity index is 863. The van der Waals surface area contributed by atoms with E-state index in [2.05, 4.69) is 10.5 Å². The van der Waals surface area contributed by atoms with Crippen LogP contribution in [-0.4, -0.2) is 19.4 Å². The second-order valence-electron chi connectivity index (χ2n) is 4.83. The highest BCUT2D eigenvalue weighted by Crippen LogP contribution is 2.17. The predicted molar refractivity (Wildman–Crippen MR) is 93.2 cm³/mol. The highest BCUT2D eigenvalue weighted by Gasteiger charge is 2.29. The van der Waals surface area contributed by atoms with Crippen molar-refractivity contribution < 1.29 is 13.2 Å². The van der Waals surface area contributed by atoms with Gasteiger partial charge in [-0.25, -0.2) is 14.3 Å². The molecule has 0 heterocycles. The molecule has 0 radical (unpaired) electrons. The van der Waals surface area contributed by atoms with Gasteiger partial charge in [0.25, 0.3) is 5.91 Å². The maximum Gasteiger partial charge on any atom is 0.297 e. The summed E-state index contributed by atoms with van der Waals surface area (Å²) in [6, 6.07) is 12.4. The van der Waals surface area contributed by atoms with Gasteiger partial charge in [0.05, 0.1) is 10.6 Å². The van der Waals surface area contributed by atoms with Gasteiger partial charge < -0.3 is 0 Å². The van der Waals surface area contributed by atoms with Crippen LogP contribution in [0.3, 0.4) is 0 Å². The number of nitrogens with two attached hydrogens (primary N) is 1. The van der Waals surface area contributed by atoms with Gasteiger partial charge in [-0.1, -0.05) is 29.3 Å². The van der Waals surface area contributed by atoms with Crippen LogP contribution in [0.2, 0.25) is 5.02 Å². The summed E-state index contributed by atoms with van der Waals surface area (Å²) in [6.45, 7) is 1.91. The van der Waals surface area contributed by atoms with Crippen molar-refractivity contribution in [3.05, 3.63) is 59.1 Å². The lowest BCUT2D eigenvalue weighted by Crippen LogP contribution is -2.40. The van der Waals surface area contributed by atoms with Crippen LogP contribution in [-0.2, 0) is 14.6 Å². The molecule has 1 amide bonds. The quantitative estimate of drug-likeness (QED) is 0.252. The Morgan fingerprint density at radius 3 is 2.21 bits per heavy atom. The van der Waals surface area contributed by atoms with Gasteiger partial charge in [-0.15, -0.1) is 0 Å². The minimum atomic E-state index is -4.17. The van der Waals surface area contributed by atoms with E-state index in [1.165, 1.54) is 24.3 Å². The van der Waals surface area contributed by atoms with E-state index in [-0.39, 0.29) is 4.90 Å². The van der Waals surface area contributed by atoms with E-state index in [9.17, 15) is 13.2 Å². The van der Waals surface area contributed by atoms with Crippen molar-refractivity contribution >= 4 is 38.1 Å². The second-order valence-corrected chi connectivity index (χ2v) is 7.13. The van der Waals surface area contributed by atoms with Gasteiger partial charge in [-0.05, 0) is 43.3 Å². The number of aryl methyl sites for hydroxylation is 1. The largest absolute Gasteiger partial charge is 0.297 e. The zero-order valence-electron chi connectivity index (χ0n) is 12.7. The number of sulfone groups is 1. The van der Waals surface area contributed by atoms with E-state index >= 15 is 0 Å². The first-order chi connectivity index (χ1) is 11.3. The smallest absolute Gasteiger partial charge is 0.288 e. The number of amides is 1. The molecule has 0 atom stereocenters. The zero-order chi connectivity index (χ0) is 17.7. The Morgan fingerprint density at radius 2 is 1.67 bits per heavy atom. The average molecular weight is 367 g/mol. The second kappa shape index (κ2) is 7.43. The molecule has 4 N–H and O–H groups in total. The number of nitrogens with one attached hydrogen (secondary N) is 2. The van der Waals surface area contributed by atoms with Gasteiger partial charge >= 0.3 is 0 Å². The van der Waals surface area contributed by atoms with Gasteiger partial charge in [0.15, 0.2) is 0 Å².